The summed E-state index contributed by atoms with van der Waals surface area (Å²) in [5.74, 6) is 0. The first kappa shape index (κ1) is 8.02. The molecule has 1 saturated carbocycles. The van der Waals surface area contributed by atoms with Gasteiger partial charge in [0, 0.05) is 12.1 Å². The van der Waals surface area contributed by atoms with Gasteiger partial charge in [-0.25, -0.2) is 0 Å². The maximum absolute atomic E-state index is 3.44. The highest BCUT2D eigenvalue weighted by atomic mass is 15.1. The van der Waals surface area contributed by atoms with Crippen LogP contribution in [-0.4, -0.2) is 37.6 Å². The second kappa shape index (κ2) is 3.35. The number of rotatable bonds is 3. The van der Waals surface area contributed by atoms with Crippen molar-refractivity contribution in [3.05, 3.63) is 0 Å². The molecule has 1 fully saturated rings. The van der Waals surface area contributed by atoms with Crippen molar-refractivity contribution in [1.29, 1.82) is 0 Å². The standard InChI is InChI=1S/C8H18N2/c1-4-9-7-5-8(6-7)10(2)3/h7-9H,4-6H2,1-3H3/t7-,8-. The van der Waals surface area contributed by atoms with E-state index in [1.807, 2.05) is 0 Å². The van der Waals surface area contributed by atoms with Crippen LogP contribution < -0.4 is 5.32 Å². The van der Waals surface area contributed by atoms with E-state index in [0.717, 1.165) is 18.6 Å². The molecule has 0 saturated heterocycles. The SMILES string of the molecule is CCN[C@H]1C[C@H](N(C)C)C1. The van der Waals surface area contributed by atoms with Gasteiger partial charge in [0.05, 0.1) is 0 Å². The molecule has 0 atom stereocenters. The van der Waals surface area contributed by atoms with Crippen molar-refractivity contribution in [1.82, 2.24) is 10.2 Å². The summed E-state index contributed by atoms with van der Waals surface area (Å²) in [4.78, 5) is 2.31. The van der Waals surface area contributed by atoms with Crippen molar-refractivity contribution in [3.8, 4) is 0 Å². The molecule has 0 unspecified atom stereocenters. The van der Waals surface area contributed by atoms with Gasteiger partial charge in [-0.2, -0.15) is 0 Å². The van der Waals surface area contributed by atoms with Crippen molar-refractivity contribution in [2.75, 3.05) is 20.6 Å². The van der Waals surface area contributed by atoms with Crippen LogP contribution in [0.2, 0.25) is 0 Å². The lowest BCUT2D eigenvalue weighted by molar-refractivity contribution is 0.148. The third kappa shape index (κ3) is 1.70. The fourth-order valence-electron chi connectivity index (χ4n) is 1.46. The minimum atomic E-state index is 0.803. The van der Waals surface area contributed by atoms with Crippen molar-refractivity contribution < 1.29 is 0 Å². The normalized spacial score (nSPS) is 32.4. The van der Waals surface area contributed by atoms with Gasteiger partial charge in [0.15, 0.2) is 0 Å². The van der Waals surface area contributed by atoms with Crippen LogP contribution in [0.25, 0.3) is 0 Å². The Morgan fingerprint density at radius 3 is 2.40 bits per heavy atom. The summed E-state index contributed by atoms with van der Waals surface area (Å²) < 4.78 is 0. The van der Waals surface area contributed by atoms with E-state index in [4.69, 9.17) is 0 Å². The summed E-state index contributed by atoms with van der Waals surface area (Å²) in [7, 11) is 4.32. The van der Waals surface area contributed by atoms with Crippen LogP contribution in [0, 0.1) is 0 Å². The lowest BCUT2D eigenvalue weighted by Gasteiger charge is -2.39. The average molecular weight is 142 g/mol. The van der Waals surface area contributed by atoms with Gasteiger partial charge in [-0.05, 0) is 33.5 Å². The monoisotopic (exact) mass is 142 g/mol. The Morgan fingerprint density at radius 2 is 2.00 bits per heavy atom. The molecule has 0 aromatic carbocycles. The molecule has 2 nitrogen and oxygen atoms in total. The zero-order valence-corrected chi connectivity index (χ0v) is 7.22. The highest BCUT2D eigenvalue weighted by Gasteiger charge is 2.29. The lowest BCUT2D eigenvalue weighted by Crippen LogP contribution is -2.50. The number of nitrogens with one attached hydrogen (secondary N) is 1. The summed E-state index contributed by atoms with van der Waals surface area (Å²) in [6, 6.07) is 1.64. The molecule has 0 bridgehead atoms. The molecule has 60 valence electrons. The minimum Gasteiger partial charge on any atom is -0.314 e. The molecular weight excluding hydrogens is 124 g/mol. The summed E-state index contributed by atoms with van der Waals surface area (Å²) >= 11 is 0. The summed E-state index contributed by atoms with van der Waals surface area (Å²) in [6.45, 7) is 3.29. The number of nitrogens with zero attached hydrogens (tertiary/aromatic N) is 1. The van der Waals surface area contributed by atoms with E-state index in [0.29, 0.717) is 0 Å². The predicted octanol–water partition coefficient (Wildman–Crippen LogP) is 0.689. The third-order valence-corrected chi connectivity index (χ3v) is 2.34. The van der Waals surface area contributed by atoms with Gasteiger partial charge < -0.3 is 10.2 Å². The van der Waals surface area contributed by atoms with E-state index in [1.165, 1.54) is 12.8 Å². The molecular formula is C8H18N2. The molecule has 2 heteroatoms. The Hall–Kier alpha value is -0.0800. The maximum atomic E-state index is 3.44. The first-order valence-electron chi connectivity index (χ1n) is 4.13. The Bertz CT molecular complexity index is 95.4. The molecule has 0 aliphatic heterocycles. The molecule has 0 spiro atoms. The Labute approximate surface area is 63.6 Å². The van der Waals surface area contributed by atoms with E-state index in [1.54, 1.807) is 0 Å². The largest absolute Gasteiger partial charge is 0.314 e. The summed E-state index contributed by atoms with van der Waals surface area (Å²) in [6.07, 6.45) is 2.67. The molecule has 0 radical (unpaired) electrons. The van der Waals surface area contributed by atoms with Crippen molar-refractivity contribution in [2.45, 2.75) is 31.8 Å². The van der Waals surface area contributed by atoms with Gasteiger partial charge >= 0.3 is 0 Å². The maximum Gasteiger partial charge on any atom is 0.0119 e. The molecule has 10 heavy (non-hydrogen) atoms. The van der Waals surface area contributed by atoms with Crippen LogP contribution in [0.4, 0.5) is 0 Å². The van der Waals surface area contributed by atoms with Gasteiger partial charge in [0.25, 0.3) is 0 Å². The van der Waals surface area contributed by atoms with Gasteiger partial charge in [-0.15, -0.1) is 0 Å². The van der Waals surface area contributed by atoms with Crippen LogP contribution in [0.1, 0.15) is 19.8 Å². The van der Waals surface area contributed by atoms with Crippen LogP contribution in [0.15, 0.2) is 0 Å². The van der Waals surface area contributed by atoms with Crippen molar-refractivity contribution in [2.24, 2.45) is 0 Å². The average Bonchev–Trinajstić information content (AvgIpc) is 1.76. The highest BCUT2D eigenvalue weighted by molar-refractivity contribution is 4.89. The van der Waals surface area contributed by atoms with E-state index >= 15 is 0 Å². The van der Waals surface area contributed by atoms with E-state index < -0.39 is 0 Å². The van der Waals surface area contributed by atoms with E-state index in [-0.39, 0.29) is 0 Å². The third-order valence-electron chi connectivity index (χ3n) is 2.34. The topological polar surface area (TPSA) is 15.3 Å². The quantitative estimate of drug-likeness (QED) is 0.623. The fraction of sp³-hybridized carbons (Fsp3) is 1.00. The Morgan fingerprint density at radius 1 is 1.40 bits per heavy atom. The molecule has 0 aromatic rings. The molecule has 1 aliphatic rings. The molecule has 0 heterocycles. The lowest BCUT2D eigenvalue weighted by atomic mass is 9.86. The molecule has 1 aliphatic carbocycles. The van der Waals surface area contributed by atoms with Crippen LogP contribution in [0.5, 0.6) is 0 Å². The smallest absolute Gasteiger partial charge is 0.0119 e. The van der Waals surface area contributed by atoms with E-state index in [9.17, 15) is 0 Å². The van der Waals surface area contributed by atoms with Gasteiger partial charge in [0.1, 0.15) is 0 Å². The molecule has 0 aromatic heterocycles. The van der Waals surface area contributed by atoms with Crippen LogP contribution in [0.3, 0.4) is 0 Å². The molecule has 0 amide bonds. The van der Waals surface area contributed by atoms with Crippen LogP contribution >= 0.6 is 0 Å². The summed E-state index contributed by atoms with van der Waals surface area (Å²) in [5.41, 5.74) is 0. The predicted molar refractivity (Wildman–Crippen MR) is 44.2 cm³/mol. The molecule has 1 rings (SSSR count). The van der Waals surface area contributed by atoms with Gasteiger partial charge in [0.2, 0.25) is 0 Å². The van der Waals surface area contributed by atoms with Crippen LogP contribution in [-0.2, 0) is 0 Å². The summed E-state index contributed by atoms with van der Waals surface area (Å²) in [5, 5.41) is 3.44. The van der Waals surface area contributed by atoms with E-state index in [2.05, 4.69) is 31.2 Å². The first-order valence-corrected chi connectivity index (χ1v) is 4.13. The highest BCUT2D eigenvalue weighted by Crippen LogP contribution is 2.23. The zero-order valence-electron chi connectivity index (χ0n) is 7.22. The van der Waals surface area contributed by atoms with Crippen molar-refractivity contribution in [3.63, 3.8) is 0 Å². The number of hydrogen-bond donors (Lipinski definition) is 1. The first-order chi connectivity index (χ1) is 4.74. The second-order valence-corrected chi connectivity index (χ2v) is 3.34. The number of hydrogen-bond acceptors (Lipinski definition) is 2. The fourth-order valence-corrected chi connectivity index (χ4v) is 1.46. The minimum absolute atomic E-state index is 0.803. The molecule has 1 N–H and O–H groups in total. The van der Waals surface area contributed by atoms with Gasteiger partial charge in [-0.1, -0.05) is 6.92 Å². The Balaban J connectivity index is 2.06. The zero-order chi connectivity index (χ0) is 7.56. The van der Waals surface area contributed by atoms with Gasteiger partial charge in [-0.3, -0.25) is 0 Å². The second-order valence-electron chi connectivity index (χ2n) is 3.34. The van der Waals surface area contributed by atoms with Crippen molar-refractivity contribution >= 4 is 0 Å². The Kier molecular flexibility index (Phi) is 2.69.